The van der Waals surface area contributed by atoms with Crippen LogP contribution in [0.15, 0.2) is 12.8 Å². The van der Waals surface area contributed by atoms with E-state index in [1.165, 1.54) is 10.5 Å². The van der Waals surface area contributed by atoms with Crippen molar-refractivity contribution in [3.63, 3.8) is 0 Å². The second-order valence-corrected chi connectivity index (χ2v) is 4.81. The molecule has 0 spiro atoms. The molecule has 0 radical (unpaired) electrons. The van der Waals surface area contributed by atoms with Crippen LogP contribution in [0.2, 0.25) is 0 Å². The number of rotatable bonds is 1. The molecule has 0 bridgehead atoms. The Labute approximate surface area is 67.8 Å². The van der Waals surface area contributed by atoms with E-state index in [1.807, 2.05) is 6.92 Å². The lowest BCUT2D eigenvalue weighted by atomic mass is 10.2. The van der Waals surface area contributed by atoms with Crippen molar-refractivity contribution in [2.45, 2.75) is 25.8 Å². The van der Waals surface area contributed by atoms with E-state index < -0.39 is 10.0 Å². The summed E-state index contributed by atoms with van der Waals surface area (Å²) in [5.74, 6) is 0.267. The zero-order valence-electron chi connectivity index (χ0n) is 6.66. The smallest absolute Gasteiger partial charge is 0.234 e. The van der Waals surface area contributed by atoms with Gasteiger partial charge in [-0.1, -0.05) is 6.58 Å². The topological polar surface area (TPSA) is 37.4 Å². The van der Waals surface area contributed by atoms with Crippen LogP contribution in [0.1, 0.15) is 19.8 Å². The summed E-state index contributed by atoms with van der Waals surface area (Å²) < 4.78 is 23.9. The van der Waals surface area contributed by atoms with E-state index in [1.54, 1.807) is 0 Å². The van der Waals surface area contributed by atoms with Crippen molar-refractivity contribution in [3.05, 3.63) is 12.8 Å². The highest BCUT2D eigenvalue weighted by Crippen LogP contribution is 2.19. The predicted octanol–water partition coefficient (Wildman–Crippen LogP) is 0.944. The number of hydrogen-bond donors (Lipinski definition) is 0. The molecule has 11 heavy (non-hydrogen) atoms. The Hall–Kier alpha value is -0.510. The molecular weight excluding hydrogens is 162 g/mol. The average Bonchev–Trinajstić information content (AvgIpc) is 1.86. The molecule has 1 aliphatic rings. The third-order valence-corrected chi connectivity index (χ3v) is 3.92. The van der Waals surface area contributed by atoms with Crippen LogP contribution in [0, 0.1) is 0 Å². The van der Waals surface area contributed by atoms with Gasteiger partial charge in [0, 0.05) is 12.2 Å². The van der Waals surface area contributed by atoms with Gasteiger partial charge in [-0.3, -0.25) is 4.31 Å². The van der Waals surface area contributed by atoms with Crippen molar-refractivity contribution >= 4 is 10.0 Å². The maximum atomic E-state index is 11.3. The fraction of sp³-hybridized carbons (Fsp3) is 0.714. The molecule has 3 nitrogen and oxygen atoms in total. The molecule has 1 unspecified atom stereocenters. The first kappa shape index (κ1) is 8.59. The molecule has 0 aliphatic carbocycles. The monoisotopic (exact) mass is 175 g/mol. The Kier molecular flexibility index (Phi) is 2.23. The van der Waals surface area contributed by atoms with E-state index in [0.717, 1.165) is 12.8 Å². The highest BCUT2D eigenvalue weighted by Gasteiger charge is 2.27. The van der Waals surface area contributed by atoms with Gasteiger partial charge in [-0.2, -0.15) is 0 Å². The van der Waals surface area contributed by atoms with Crippen LogP contribution < -0.4 is 0 Å². The molecule has 0 amide bonds. The molecule has 1 aliphatic heterocycles. The van der Waals surface area contributed by atoms with Crippen LogP contribution in [0.3, 0.4) is 0 Å². The van der Waals surface area contributed by atoms with Crippen molar-refractivity contribution in [2.24, 2.45) is 0 Å². The molecule has 0 aromatic rings. The summed E-state index contributed by atoms with van der Waals surface area (Å²) in [6.07, 6.45) is 3.11. The van der Waals surface area contributed by atoms with Gasteiger partial charge < -0.3 is 0 Å². The summed E-state index contributed by atoms with van der Waals surface area (Å²) in [6, 6.07) is 0.0891. The molecular formula is C7H13NO2S. The average molecular weight is 175 g/mol. The molecule has 1 heterocycles. The van der Waals surface area contributed by atoms with E-state index >= 15 is 0 Å². The summed E-state index contributed by atoms with van der Waals surface area (Å²) in [7, 11) is -3.01. The van der Waals surface area contributed by atoms with Crippen LogP contribution in [-0.2, 0) is 10.0 Å². The molecule has 1 atom stereocenters. The summed E-state index contributed by atoms with van der Waals surface area (Å²) in [5.41, 5.74) is 0. The normalized spacial score (nSPS) is 29.9. The Morgan fingerprint density at radius 1 is 1.64 bits per heavy atom. The molecule has 0 saturated carbocycles. The van der Waals surface area contributed by atoms with Gasteiger partial charge in [0.2, 0.25) is 10.0 Å². The van der Waals surface area contributed by atoms with Gasteiger partial charge in [0.05, 0.1) is 5.75 Å². The standard InChI is InChI=1S/C7H13NO2S/c1-3-8-7(2)5-4-6-11(8,9)10/h3,7H,1,4-6H2,2H3. The lowest BCUT2D eigenvalue weighted by molar-refractivity contribution is 0.375. The zero-order valence-corrected chi connectivity index (χ0v) is 7.47. The van der Waals surface area contributed by atoms with Crippen molar-refractivity contribution in [2.75, 3.05) is 5.75 Å². The summed E-state index contributed by atoms with van der Waals surface area (Å²) in [4.78, 5) is 0. The van der Waals surface area contributed by atoms with Crippen LogP contribution in [0.5, 0.6) is 0 Å². The Morgan fingerprint density at radius 3 is 2.64 bits per heavy atom. The molecule has 0 N–H and O–H groups in total. The van der Waals surface area contributed by atoms with Gasteiger partial charge in [0.15, 0.2) is 0 Å². The highest BCUT2D eigenvalue weighted by atomic mass is 32.2. The second kappa shape index (κ2) is 2.85. The van der Waals surface area contributed by atoms with Gasteiger partial charge in [-0.25, -0.2) is 8.42 Å². The van der Waals surface area contributed by atoms with E-state index in [4.69, 9.17) is 0 Å². The Balaban J connectivity index is 2.90. The van der Waals surface area contributed by atoms with E-state index in [9.17, 15) is 8.42 Å². The Morgan fingerprint density at radius 2 is 2.27 bits per heavy atom. The minimum atomic E-state index is -3.01. The maximum Gasteiger partial charge on any atom is 0.234 e. The van der Waals surface area contributed by atoms with E-state index in [2.05, 4.69) is 6.58 Å². The van der Waals surface area contributed by atoms with Crippen LogP contribution in [0.4, 0.5) is 0 Å². The number of sulfonamides is 1. The first-order valence-corrected chi connectivity index (χ1v) is 5.32. The first-order valence-electron chi connectivity index (χ1n) is 3.71. The van der Waals surface area contributed by atoms with Gasteiger partial charge in [0.1, 0.15) is 0 Å². The van der Waals surface area contributed by atoms with E-state index in [0.29, 0.717) is 0 Å². The fourth-order valence-electron chi connectivity index (χ4n) is 1.36. The second-order valence-electron chi connectivity index (χ2n) is 2.82. The number of nitrogens with zero attached hydrogens (tertiary/aromatic N) is 1. The SMILES string of the molecule is C=CN1C(C)CCCS1(=O)=O. The molecule has 4 heteroatoms. The molecule has 1 fully saturated rings. The van der Waals surface area contributed by atoms with Crippen molar-refractivity contribution in [3.8, 4) is 0 Å². The van der Waals surface area contributed by atoms with Crippen LogP contribution in [0.25, 0.3) is 0 Å². The van der Waals surface area contributed by atoms with Crippen LogP contribution >= 0.6 is 0 Å². The van der Waals surface area contributed by atoms with Gasteiger partial charge in [-0.05, 0) is 19.8 Å². The van der Waals surface area contributed by atoms with Crippen molar-refractivity contribution in [1.29, 1.82) is 0 Å². The highest BCUT2D eigenvalue weighted by molar-refractivity contribution is 7.89. The third-order valence-electron chi connectivity index (χ3n) is 1.96. The minimum Gasteiger partial charge on any atom is -0.275 e. The van der Waals surface area contributed by atoms with Gasteiger partial charge in [-0.15, -0.1) is 0 Å². The molecule has 0 aromatic heterocycles. The molecule has 64 valence electrons. The third kappa shape index (κ3) is 1.56. The zero-order chi connectivity index (χ0) is 8.48. The molecule has 1 saturated heterocycles. The molecule has 0 aromatic carbocycles. The summed E-state index contributed by atoms with van der Waals surface area (Å²) in [5, 5.41) is 0. The summed E-state index contributed by atoms with van der Waals surface area (Å²) >= 11 is 0. The lowest BCUT2D eigenvalue weighted by Gasteiger charge is -2.31. The van der Waals surface area contributed by atoms with Crippen molar-refractivity contribution in [1.82, 2.24) is 4.31 Å². The van der Waals surface area contributed by atoms with Gasteiger partial charge >= 0.3 is 0 Å². The molecule has 1 rings (SSSR count). The van der Waals surface area contributed by atoms with Gasteiger partial charge in [0.25, 0.3) is 0 Å². The largest absolute Gasteiger partial charge is 0.275 e. The quantitative estimate of drug-likeness (QED) is 0.595. The minimum absolute atomic E-state index is 0.0891. The summed E-state index contributed by atoms with van der Waals surface area (Å²) in [6.45, 7) is 5.38. The lowest BCUT2D eigenvalue weighted by Crippen LogP contribution is -2.39. The number of hydrogen-bond acceptors (Lipinski definition) is 2. The fourth-order valence-corrected chi connectivity index (χ4v) is 2.98. The van der Waals surface area contributed by atoms with Crippen LogP contribution in [-0.4, -0.2) is 24.5 Å². The van der Waals surface area contributed by atoms with E-state index in [-0.39, 0.29) is 11.8 Å². The Bertz CT molecular complexity index is 245. The first-order chi connectivity index (χ1) is 5.08. The maximum absolute atomic E-state index is 11.3. The predicted molar refractivity (Wildman–Crippen MR) is 44.5 cm³/mol. The van der Waals surface area contributed by atoms with Crippen molar-refractivity contribution < 1.29 is 8.42 Å².